The van der Waals surface area contributed by atoms with Crippen molar-refractivity contribution in [3.8, 4) is 0 Å². The van der Waals surface area contributed by atoms with Crippen LogP contribution in [0, 0.1) is 6.92 Å². The molecule has 1 aliphatic rings. The first kappa shape index (κ1) is 17.5. The fraction of sp³-hybridized carbons (Fsp3) is 0.333. The number of benzene rings is 1. The van der Waals surface area contributed by atoms with Gasteiger partial charge in [-0.2, -0.15) is 0 Å². The van der Waals surface area contributed by atoms with Gasteiger partial charge in [0.1, 0.15) is 0 Å². The molecule has 1 fully saturated rings. The number of halogens is 1. The summed E-state index contributed by atoms with van der Waals surface area (Å²) in [4.78, 5) is 28.3. The highest BCUT2D eigenvalue weighted by Crippen LogP contribution is 2.22. The summed E-state index contributed by atoms with van der Waals surface area (Å²) in [7, 11) is 0. The Hall–Kier alpha value is -2.31. The van der Waals surface area contributed by atoms with Gasteiger partial charge >= 0.3 is 0 Å². The molecule has 25 heavy (non-hydrogen) atoms. The number of anilines is 1. The van der Waals surface area contributed by atoms with Crippen LogP contribution in [0.1, 0.15) is 16.1 Å². The van der Waals surface area contributed by atoms with Crippen LogP contribution < -0.4 is 5.32 Å². The number of hydrogen-bond acceptors (Lipinski definition) is 4. The quantitative estimate of drug-likeness (QED) is 0.909. The minimum atomic E-state index is -0.108. The Morgan fingerprint density at radius 3 is 2.60 bits per heavy atom. The lowest BCUT2D eigenvalue weighted by Crippen LogP contribution is -2.50. The fourth-order valence-electron chi connectivity index (χ4n) is 2.80. The number of amides is 2. The summed E-state index contributed by atoms with van der Waals surface area (Å²) in [5, 5.41) is 3.52. The highest BCUT2D eigenvalue weighted by atomic mass is 35.5. The van der Waals surface area contributed by atoms with Crippen molar-refractivity contribution in [2.45, 2.75) is 6.92 Å². The maximum Gasteiger partial charge on any atom is 0.289 e. The Morgan fingerprint density at radius 2 is 1.92 bits per heavy atom. The van der Waals surface area contributed by atoms with Crippen molar-refractivity contribution in [2.75, 3.05) is 38.0 Å². The van der Waals surface area contributed by atoms with Gasteiger partial charge in [-0.1, -0.05) is 17.7 Å². The molecule has 0 atom stereocenters. The summed E-state index contributed by atoms with van der Waals surface area (Å²) in [6.07, 6.45) is 1.49. The Morgan fingerprint density at radius 1 is 1.16 bits per heavy atom. The van der Waals surface area contributed by atoms with Gasteiger partial charge in [0.25, 0.3) is 5.91 Å². The summed E-state index contributed by atoms with van der Waals surface area (Å²) >= 11 is 6.07. The van der Waals surface area contributed by atoms with Gasteiger partial charge in [-0.25, -0.2) is 0 Å². The van der Waals surface area contributed by atoms with Crippen molar-refractivity contribution >= 4 is 29.1 Å². The molecule has 2 aromatic rings. The van der Waals surface area contributed by atoms with Crippen LogP contribution in [0.25, 0.3) is 0 Å². The summed E-state index contributed by atoms with van der Waals surface area (Å²) < 4.78 is 5.15. The predicted molar refractivity (Wildman–Crippen MR) is 95.9 cm³/mol. The molecular formula is C18H20ClN3O3. The number of nitrogens with zero attached hydrogens (tertiary/aromatic N) is 2. The SMILES string of the molecule is Cc1c(Cl)cccc1NC(=O)CN1CCN(C(=O)c2ccco2)CC1. The number of furan rings is 1. The van der Waals surface area contributed by atoms with Crippen molar-refractivity contribution in [1.82, 2.24) is 9.80 Å². The number of carbonyl (C=O) groups excluding carboxylic acids is 2. The molecule has 3 rings (SSSR count). The predicted octanol–water partition coefficient (Wildman–Crippen LogP) is 2.64. The van der Waals surface area contributed by atoms with Crippen molar-refractivity contribution in [2.24, 2.45) is 0 Å². The lowest BCUT2D eigenvalue weighted by molar-refractivity contribution is -0.117. The maximum absolute atomic E-state index is 12.3. The molecule has 1 N–H and O–H groups in total. The van der Waals surface area contributed by atoms with Crippen LogP contribution in [-0.4, -0.2) is 54.3 Å². The van der Waals surface area contributed by atoms with E-state index in [4.69, 9.17) is 16.0 Å². The van der Waals surface area contributed by atoms with Crippen LogP contribution in [0.2, 0.25) is 5.02 Å². The van der Waals surface area contributed by atoms with Gasteiger partial charge in [0, 0.05) is 36.9 Å². The molecule has 1 saturated heterocycles. The monoisotopic (exact) mass is 361 g/mol. The van der Waals surface area contributed by atoms with Crippen molar-refractivity contribution in [3.63, 3.8) is 0 Å². The summed E-state index contributed by atoms with van der Waals surface area (Å²) in [6.45, 7) is 4.60. The highest BCUT2D eigenvalue weighted by Gasteiger charge is 2.24. The second-order valence-corrected chi connectivity index (χ2v) is 6.41. The van der Waals surface area contributed by atoms with Crippen molar-refractivity contribution in [1.29, 1.82) is 0 Å². The standard InChI is InChI=1S/C18H20ClN3O3/c1-13-14(19)4-2-5-15(13)20-17(23)12-21-7-9-22(10-8-21)18(24)16-6-3-11-25-16/h2-6,11H,7-10,12H2,1H3,(H,20,23). The number of nitrogens with one attached hydrogen (secondary N) is 1. The summed E-state index contributed by atoms with van der Waals surface area (Å²) in [5.74, 6) is 0.155. The molecule has 7 heteroatoms. The van der Waals surface area contributed by atoms with Crippen LogP contribution in [-0.2, 0) is 4.79 Å². The fourth-order valence-corrected chi connectivity index (χ4v) is 2.98. The van der Waals surface area contributed by atoms with Gasteiger partial charge in [0.2, 0.25) is 5.91 Å². The van der Waals surface area contributed by atoms with Gasteiger partial charge < -0.3 is 14.6 Å². The minimum Gasteiger partial charge on any atom is -0.459 e. The molecule has 0 saturated carbocycles. The first-order valence-corrected chi connectivity index (χ1v) is 8.52. The number of piperazine rings is 1. The third-order valence-electron chi connectivity index (χ3n) is 4.30. The van der Waals surface area contributed by atoms with E-state index in [1.165, 1.54) is 6.26 Å². The molecule has 2 heterocycles. The van der Waals surface area contributed by atoms with E-state index in [0.717, 1.165) is 11.3 Å². The van der Waals surface area contributed by atoms with Crippen LogP contribution >= 0.6 is 11.6 Å². The molecule has 1 aromatic heterocycles. The van der Waals surface area contributed by atoms with Gasteiger partial charge in [0.05, 0.1) is 12.8 Å². The van der Waals surface area contributed by atoms with Gasteiger partial charge in [-0.3, -0.25) is 14.5 Å². The van der Waals surface area contributed by atoms with Gasteiger partial charge in [0.15, 0.2) is 5.76 Å². The van der Waals surface area contributed by atoms with E-state index < -0.39 is 0 Å². The number of carbonyl (C=O) groups is 2. The van der Waals surface area contributed by atoms with Crippen LogP contribution in [0.3, 0.4) is 0 Å². The Kier molecular flexibility index (Phi) is 5.40. The van der Waals surface area contributed by atoms with Gasteiger partial charge in [-0.05, 0) is 36.8 Å². The molecule has 0 bridgehead atoms. The molecule has 0 aliphatic carbocycles. The maximum atomic E-state index is 12.3. The summed E-state index contributed by atoms with van der Waals surface area (Å²) in [5.41, 5.74) is 1.58. The smallest absolute Gasteiger partial charge is 0.289 e. The molecule has 132 valence electrons. The van der Waals surface area contributed by atoms with E-state index >= 15 is 0 Å². The molecule has 1 aromatic carbocycles. The molecule has 6 nitrogen and oxygen atoms in total. The van der Waals surface area contributed by atoms with Crippen molar-refractivity contribution in [3.05, 3.63) is 52.9 Å². The number of hydrogen-bond donors (Lipinski definition) is 1. The molecule has 0 spiro atoms. The first-order valence-electron chi connectivity index (χ1n) is 8.14. The minimum absolute atomic E-state index is 0.0869. The average molecular weight is 362 g/mol. The molecule has 0 radical (unpaired) electrons. The third-order valence-corrected chi connectivity index (χ3v) is 4.71. The average Bonchev–Trinajstić information content (AvgIpc) is 3.13. The van der Waals surface area contributed by atoms with Crippen LogP contribution in [0.5, 0.6) is 0 Å². The lowest BCUT2D eigenvalue weighted by atomic mass is 10.2. The van der Waals surface area contributed by atoms with Gasteiger partial charge in [-0.15, -0.1) is 0 Å². The van der Waals surface area contributed by atoms with Crippen LogP contribution in [0.15, 0.2) is 41.0 Å². The zero-order valence-electron chi connectivity index (χ0n) is 14.0. The molecule has 1 aliphatic heterocycles. The molecule has 2 amide bonds. The molecule has 0 unspecified atom stereocenters. The van der Waals surface area contributed by atoms with E-state index in [9.17, 15) is 9.59 Å². The van der Waals surface area contributed by atoms with E-state index in [1.54, 1.807) is 23.1 Å². The third kappa shape index (κ3) is 4.21. The Bertz CT molecular complexity index is 753. The first-order chi connectivity index (χ1) is 12.0. The van der Waals surface area contributed by atoms with E-state index in [-0.39, 0.29) is 18.4 Å². The topological polar surface area (TPSA) is 65.8 Å². The lowest BCUT2D eigenvalue weighted by Gasteiger charge is -2.33. The Labute approximate surface area is 151 Å². The zero-order chi connectivity index (χ0) is 17.8. The normalized spacial score (nSPS) is 15.2. The van der Waals surface area contributed by atoms with Crippen molar-refractivity contribution < 1.29 is 14.0 Å². The second kappa shape index (κ2) is 7.72. The number of rotatable bonds is 4. The molecular weight excluding hydrogens is 342 g/mol. The summed E-state index contributed by atoms with van der Waals surface area (Å²) in [6, 6.07) is 8.80. The van der Waals surface area contributed by atoms with Crippen LogP contribution in [0.4, 0.5) is 5.69 Å². The Balaban J connectivity index is 1.49. The zero-order valence-corrected chi connectivity index (χ0v) is 14.8. The van der Waals surface area contributed by atoms with E-state index in [2.05, 4.69) is 5.32 Å². The van der Waals surface area contributed by atoms with E-state index in [1.807, 2.05) is 24.0 Å². The largest absolute Gasteiger partial charge is 0.459 e. The van der Waals surface area contributed by atoms with E-state index in [0.29, 0.717) is 37.0 Å². The second-order valence-electron chi connectivity index (χ2n) is 6.01. The highest BCUT2D eigenvalue weighted by molar-refractivity contribution is 6.31.